The van der Waals surface area contributed by atoms with Crippen molar-refractivity contribution >= 4 is 12.2 Å². The van der Waals surface area contributed by atoms with E-state index >= 15 is 0 Å². The van der Waals surface area contributed by atoms with Crippen LogP contribution in [0.4, 0.5) is 0 Å². The second-order valence-electron chi connectivity index (χ2n) is 4.66. The molecule has 2 atom stereocenters. The number of carbonyl (C=O) groups excluding carboxylic acids is 2. The van der Waals surface area contributed by atoms with Gasteiger partial charge in [-0.15, -0.1) is 0 Å². The highest BCUT2D eigenvalue weighted by molar-refractivity contribution is 5.35. The molecule has 102 valence electrons. The molecule has 0 heterocycles. The Kier molecular flexibility index (Phi) is 11.4. The van der Waals surface area contributed by atoms with E-state index in [0.717, 1.165) is 19.3 Å². The molecular weight excluding hydrogens is 228 g/mol. The van der Waals surface area contributed by atoms with Crippen molar-refractivity contribution in [3.63, 3.8) is 0 Å². The minimum atomic E-state index is -0.274. The molecule has 4 heteroatoms. The van der Waals surface area contributed by atoms with Crippen molar-refractivity contribution in [1.82, 2.24) is 0 Å². The molecule has 0 aromatic rings. The normalized spacial score (nSPS) is 13.2. The van der Waals surface area contributed by atoms with Crippen molar-refractivity contribution in [2.45, 2.75) is 77.3 Å². The lowest BCUT2D eigenvalue weighted by atomic mass is 10.0. The summed E-state index contributed by atoms with van der Waals surface area (Å²) >= 11 is 0. The summed E-state index contributed by atoms with van der Waals surface area (Å²) in [7, 11) is 0. The summed E-state index contributed by atoms with van der Waals surface area (Å²) in [6.45, 7) is 3.98. The minimum Gasteiger partial charge on any atom is -0.211 e. The predicted molar refractivity (Wildman–Crippen MR) is 72.1 cm³/mol. The maximum absolute atomic E-state index is 10.3. The molecule has 0 aliphatic heterocycles. The quantitative estimate of drug-likeness (QED) is 0.321. The van der Waals surface area contributed by atoms with Crippen LogP contribution in [0, 0.1) is 0 Å². The topological polar surface area (TPSA) is 58.9 Å². The van der Waals surface area contributed by atoms with Gasteiger partial charge >= 0.3 is 0 Å². The molecule has 18 heavy (non-hydrogen) atoms. The first kappa shape index (κ1) is 16.8. The lowest BCUT2D eigenvalue weighted by Crippen LogP contribution is -2.19. The van der Waals surface area contributed by atoms with Crippen LogP contribution in [0.15, 0.2) is 9.98 Å². The number of isocyanates is 2. The van der Waals surface area contributed by atoms with Gasteiger partial charge in [0.15, 0.2) is 0 Å². The van der Waals surface area contributed by atoms with Crippen LogP contribution in [0.25, 0.3) is 0 Å². The van der Waals surface area contributed by atoms with Gasteiger partial charge in [0.05, 0.1) is 12.1 Å². The fraction of sp³-hybridized carbons (Fsp3) is 0.857. The summed E-state index contributed by atoms with van der Waals surface area (Å²) in [5.74, 6) is 0. The van der Waals surface area contributed by atoms with Gasteiger partial charge < -0.3 is 0 Å². The SMILES string of the molecule is CCCCCCCCCC(N=C=O)C(C)N=C=O. The fourth-order valence-corrected chi connectivity index (χ4v) is 1.96. The largest absolute Gasteiger partial charge is 0.235 e. The van der Waals surface area contributed by atoms with E-state index in [0.29, 0.717) is 0 Å². The summed E-state index contributed by atoms with van der Waals surface area (Å²) in [5, 5.41) is 0. The lowest BCUT2D eigenvalue weighted by molar-refractivity contribution is 0.475. The van der Waals surface area contributed by atoms with E-state index in [1.54, 1.807) is 13.0 Å². The number of rotatable bonds is 11. The Morgan fingerprint density at radius 2 is 1.44 bits per heavy atom. The number of hydrogen-bond donors (Lipinski definition) is 0. The van der Waals surface area contributed by atoms with Gasteiger partial charge in [-0.2, -0.15) is 0 Å². The summed E-state index contributed by atoms with van der Waals surface area (Å²) < 4.78 is 0. The minimum absolute atomic E-state index is 0.223. The zero-order valence-electron chi connectivity index (χ0n) is 11.5. The summed E-state index contributed by atoms with van der Waals surface area (Å²) in [4.78, 5) is 27.8. The molecule has 2 unspecified atom stereocenters. The molecule has 0 aromatic carbocycles. The van der Waals surface area contributed by atoms with E-state index in [1.165, 1.54) is 38.2 Å². The molecular formula is C14H24N2O2. The fourth-order valence-electron chi connectivity index (χ4n) is 1.96. The second kappa shape index (κ2) is 12.2. The van der Waals surface area contributed by atoms with E-state index < -0.39 is 0 Å². The highest BCUT2D eigenvalue weighted by atomic mass is 16.1. The molecule has 0 rings (SSSR count). The van der Waals surface area contributed by atoms with Crippen molar-refractivity contribution < 1.29 is 9.59 Å². The van der Waals surface area contributed by atoms with Gasteiger partial charge in [-0.05, 0) is 13.3 Å². The Hall–Kier alpha value is -1.24. The summed E-state index contributed by atoms with van der Waals surface area (Å²) in [6, 6.07) is -0.497. The van der Waals surface area contributed by atoms with E-state index in [1.807, 2.05) is 0 Å². The van der Waals surface area contributed by atoms with Crippen molar-refractivity contribution in [3.8, 4) is 0 Å². The first-order chi connectivity index (χ1) is 8.76. The van der Waals surface area contributed by atoms with Crippen molar-refractivity contribution in [1.29, 1.82) is 0 Å². The van der Waals surface area contributed by atoms with Gasteiger partial charge in [-0.1, -0.05) is 51.9 Å². The van der Waals surface area contributed by atoms with Gasteiger partial charge in [0, 0.05) is 0 Å². The van der Waals surface area contributed by atoms with Gasteiger partial charge in [-0.25, -0.2) is 19.6 Å². The smallest absolute Gasteiger partial charge is 0.211 e. The van der Waals surface area contributed by atoms with Crippen LogP contribution in [-0.4, -0.2) is 24.2 Å². The van der Waals surface area contributed by atoms with Crippen LogP contribution in [0.2, 0.25) is 0 Å². The standard InChI is InChI=1S/C14H24N2O2/c1-3-4-5-6-7-8-9-10-14(16-12-18)13(2)15-11-17/h13-14H,3-10H2,1-2H3. The maximum atomic E-state index is 10.3. The molecule has 0 radical (unpaired) electrons. The first-order valence-electron chi connectivity index (χ1n) is 6.90. The highest BCUT2D eigenvalue weighted by Gasteiger charge is 2.14. The maximum Gasteiger partial charge on any atom is 0.235 e. The number of aliphatic imine (C=N–C) groups is 2. The number of hydrogen-bond acceptors (Lipinski definition) is 4. The Morgan fingerprint density at radius 3 is 2.00 bits per heavy atom. The van der Waals surface area contributed by atoms with E-state index in [2.05, 4.69) is 16.9 Å². The molecule has 0 spiro atoms. The van der Waals surface area contributed by atoms with Gasteiger partial charge in [0.25, 0.3) is 0 Å². The van der Waals surface area contributed by atoms with Crippen LogP contribution in [0.3, 0.4) is 0 Å². The lowest BCUT2D eigenvalue weighted by Gasteiger charge is -2.13. The van der Waals surface area contributed by atoms with Crippen LogP contribution in [0.1, 0.15) is 65.2 Å². The van der Waals surface area contributed by atoms with Crippen LogP contribution in [0.5, 0.6) is 0 Å². The Balaban J connectivity index is 3.77. The highest BCUT2D eigenvalue weighted by Crippen LogP contribution is 2.14. The molecule has 0 N–H and O–H groups in total. The van der Waals surface area contributed by atoms with Gasteiger partial charge in [-0.3, -0.25) is 0 Å². The van der Waals surface area contributed by atoms with Gasteiger partial charge in [0.2, 0.25) is 12.2 Å². The van der Waals surface area contributed by atoms with E-state index in [9.17, 15) is 9.59 Å². The molecule has 0 aliphatic rings. The molecule has 0 saturated carbocycles. The van der Waals surface area contributed by atoms with Crippen LogP contribution < -0.4 is 0 Å². The van der Waals surface area contributed by atoms with Gasteiger partial charge in [0.1, 0.15) is 0 Å². The summed E-state index contributed by atoms with van der Waals surface area (Å²) in [6.07, 6.45) is 12.4. The number of nitrogens with zero attached hydrogens (tertiary/aromatic N) is 2. The molecule has 4 nitrogen and oxygen atoms in total. The van der Waals surface area contributed by atoms with E-state index in [4.69, 9.17) is 0 Å². The molecule has 0 aromatic heterocycles. The zero-order chi connectivity index (χ0) is 13.6. The number of unbranched alkanes of at least 4 members (excludes halogenated alkanes) is 6. The average Bonchev–Trinajstić information content (AvgIpc) is 2.36. The third-order valence-electron chi connectivity index (χ3n) is 3.14. The Morgan fingerprint density at radius 1 is 0.889 bits per heavy atom. The second-order valence-corrected chi connectivity index (χ2v) is 4.66. The average molecular weight is 252 g/mol. The third kappa shape index (κ3) is 8.86. The Labute approximate surface area is 110 Å². The third-order valence-corrected chi connectivity index (χ3v) is 3.14. The summed E-state index contributed by atoms with van der Waals surface area (Å²) in [5.41, 5.74) is 0. The predicted octanol–water partition coefficient (Wildman–Crippen LogP) is 3.56. The molecule has 0 amide bonds. The monoisotopic (exact) mass is 252 g/mol. The zero-order valence-corrected chi connectivity index (χ0v) is 11.5. The molecule has 0 saturated heterocycles. The Bertz CT molecular complexity index is 292. The van der Waals surface area contributed by atoms with Crippen LogP contribution >= 0.6 is 0 Å². The molecule has 0 fully saturated rings. The molecule has 0 aliphatic carbocycles. The molecule has 0 bridgehead atoms. The van der Waals surface area contributed by atoms with Crippen molar-refractivity contribution in [3.05, 3.63) is 0 Å². The van der Waals surface area contributed by atoms with E-state index in [-0.39, 0.29) is 12.1 Å². The van der Waals surface area contributed by atoms with Crippen molar-refractivity contribution in [2.75, 3.05) is 0 Å². The first-order valence-corrected chi connectivity index (χ1v) is 6.90. The van der Waals surface area contributed by atoms with Crippen molar-refractivity contribution in [2.24, 2.45) is 9.98 Å². The van der Waals surface area contributed by atoms with Crippen LogP contribution in [-0.2, 0) is 9.59 Å².